The van der Waals surface area contributed by atoms with Crippen molar-refractivity contribution in [3.05, 3.63) is 12.2 Å². The minimum atomic E-state index is 0.238. The van der Waals surface area contributed by atoms with Gasteiger partial charge in [0.25, 0.3) is 0 Å². The number of hydrogen-bond donors (Lipinski definition) is 0. The molecule has 2 radical (unpaired) electrons. The normalized spacial score (nSPS) is 13.8. The van der Waals surface area contributed by atoms with Crippen LogP contribution in [0.4, 0.5) is 0 Å². The van der Waals surface area contributed by atoms with Gasteiger partial charge in [0.2, 0.25) is 6.29 Å². The highest BCUT2D eigenvalue weighted by molar-refractivity contribution is 6.23. The van der Waals surface area contributed by atoms with E-state index in [-0.39, 0.29) is 5.92 Å². The molecule has 72 valence electrons. The maximum Gasteiger partial charge on any atom is 0.226 e. The van der Waals surface area contributed by atoms with Gasteiger partial charge in [-0.3, -0.25) is 0 Å². The zero-order valence-electron chi connectivity index (χ0n) is 7.97. The highest BCUT2D eigenvalue weighted by atomic mass is 35.5. The molecule has 0 bridgehead atoms. The van der Waals surface area contributed by atoms with Gasteiger partial charge < -0.3 is 9.47 Å². The van der Waals surface area contributed by atoms with Gasteiger partial charge in [-0.25, -0.2) is 0 Å². The fourth-order valence-electron chi connectivity index (χ4n) is 0.841. The SMILES string of the molecule is CCO[C](OCC)C(C)C[CH]Cl. The topological polar surface area (TPSA) is 18.5 Å². The van der Waals surface area contributed by atoms with Crippen molar-refractivity contribution in [2.75, 3.05) is 13.2 Å². The molecule has 0 aliphatic rings. The predicted octanol–water partition coefficient (Wildman–Crippen LogP) is 2.98. The number of halogens is 1. The summed E-state index contributed by atoms with van der Waals surface area (Å²) in [4.78, 5) is 0. The van der Waals surface area contributed by atoms with Crippen molar-refractivity contribution in [2.45, 2.75) is 27.2 Å². The zero-order valence-corrected chi connectivity index (χ0v) is 8.73. The van der Waals surface area contributed by atoms with E-state index in [9.17, 15) is 0 Å². The number of hydrogen-bond acceptors (Lipinski definition) is 2. The molecule has 0 N–H and O–H groups in total. The van der Waals surface area contributed by atoms with E-state index >= 15 is 0 Å². The molecule has 0 amide bonds. The highest BCUT2D eigenvalue weighted by Gasteiger charge is 2.18. The van der Waals surface area contributed by atoms with E-state index < -0.39 is 0 Å². The molecule has 0 aromatic rings. The van der Waals surface area contributed by atoms with Crippen LogP contribution < -0.4 is 0 Å². The summed E-state index contributed by atoms with van der Waals surface area (Å²) in [6.07, 6.45) is 1.47. The molecule has 0 aliphatic carbocycles. The Hall–Kier alpha value is 0.210. The van der Waals surface area contributed by atoms with Crippen molar-refractivity contribution < 1.29 is 9.47 Å². The molecule has 1 unspecified atom stereocenters. The molecular weight excluding hydrogens is 176 g/mol. The van der Waals surface area contributed by atoms with Gasteiger partial charge in [-0.1, -0.05) is 6.92 Å². The van der Waals surface area contributed by atoms with E-state index in [1.807, 2.05) is 20.8 Å². The van der Waals surface area contributed by atoms with Gasteiger partial charge in [0.1, 0.15) is 0 Å². The van der Waals surface area contributed by atoms with Crippen LogP contribution in [-0.4, -0.2) is 13.2 Å². The van der Waals surface area contributed by atoms with Crippen LogP contribution in [0.2, 0.25) is 0 Å². The lowest BCUT2D eigenvalue weighted by Gasteiger charge is -2.20. The smallest absolute Gasteiger partial charge is 0.226 e. The Morgan fingerprint density at radius 1 is 1.33 bits per heavy atom. The molecule has 2 nitrogen and oxygen atoms in total. The fraction of sp³-hybridized carbons (Fsp3) is 0.778. The Labute approximate surface area is 80.2 Å². The first-order valence-corrected chi connectivity index (χ1v) is 4.74. The van der Waals surface area contributed by atoms with E-state index in [0.29, 0.717) is 19.5 Å². The summed E-state index contributed by atoms with van der Waals surface area (Å²) in [6.45, 7) is 7.19. The van der Waals surface area contributed by atoms with Gasteiger partial charge in [-0.05, 0) is 20.3 Å². The van der Waals surface area contributed by atoms with Crippen LogP contribution >= 0.6 is 11.6 Å². The van der Waals surface area contributed by atoms with Gasteiger partial charge in [-0.2, -0.15) is 0 Å². The van der Waals surface area contributed by atoms with E-state index in [2.05, 4.69) is 0 Å². The molecule has 3 heteroatoms. The molecule has 1 atom stereocenters. The first-order chi connectivity index (χ1) is 5.76. The quantitative estimate of drug-likeness (QED) is 0.618. The Morgan fingerprint density at radius 2 is 1.83 bits per heavy atom. The largest absolute Gasteiger partial charge is 0.345 e. The average Bonchev–Trinajstić information content (AvgIpc) is 2.04. The van der Waals surface area contributed by atoms with E-state index in [4.69, 9.17) is 21.1 Å². The molecule has 0 rings (SSSR count). The van der Waals surface area contributed by atoms with Crippen LogP contribution in [0.5, 0.6) is 0 Å². The second-order valence-corrected chi connectivity index (χ2v) is 2.78. The minimum Gasteiger partial charge on any atom is -0.345 e. The first kappa shape index (κ1) is 12.2. The van der Waals surface area contributed by atoms with E-state index in [1.54, 1.807) is 5.88 Å². The van der Waals surface area contributed by atoms with Crippen molar-refractivity contribution in [1.82, 2.24) is 0 Å². The van der Waals surface area contributed by atoms with Gasteiger partial charge in [0.15, 0.2) is 0 Å². The lowest BCUT2D eigenvalue weighted by molar-refractivity contribution is -0.0643. The summed E-state index contributed by atoms with van der Waals surface area (Å²) in [5, 5.41) is 0. The summed E-state index contributed by atoms with van der Waals surface area (Å²) < 4.78 is 10.6. The first-order valence-electron chi connectivity index (χ1n) is 4.30. The lowest BCUT2D eigenvalue weighted by atomic mass is 10.1. The fourth-order valence-corrected chi connectivity index (χ4v) is 1.11. The maximum absolute atomic E-state index is 5.49. The molecule has 0 heterocycles. The molecule has 0 aromatic heterocycles. The Morgan fingerprint density at radius 3 is 2.17 bits per heavy atom. The number of rotatable bonds is 7. The van der Waals surface area contributed by atoms with Crippen molar-refractivity contribution in [3.63, 3.8) is 0 Å². The van der Waals surface area contributed by atoms with E-state index in [1.165, 1.54) is 0 Å². The third-order valence-electron chi connectivity index (χ3n) is 1.42. The Kier molecular flexibility index (Phi) is 7.98. The van der Waals surface area contributed by atoms with Crippen LogP contribution in [0.25, 0.3) is 0 Å². The predicted molar refractivity (Wildman–Crippen MR) is 50.4 cm³/mol. The van der Waals surface area contributed by atoms with Crippen LogP contribution in [0, 0.1) is 18.1 Å². The van der Waals surface area contributed by atoms with E-state index in [0.717, 1.165) is 6.42 Å². The number of ether oxygens (including phenoxy) is 2. The minimum absolute atomic E-state index is 0.238. The molecule has 0 aromatic carbocycles. The second kappa shape index (κ2) is 7.84. The Balaban J connectivity index is 3.72. The summed E-state index contributed by atoms with van der Waals surface area (Å²) in [6, 6.07) is 0. The van der Waals surface area contributed by atoms with Crippen molar-refractivity contribution in [1.29, 1.82) is 0 Å². The summed E-state index contributed by atoms with van der Waals surface area (Å²) in [5.74, 6) is 1.84. The highest BCUT2D eigenvalue weighted by Crippen LogP contribution is 2.22. The molecule has 0 spiro atoms. The summed E-state index contributed by atoms with van der Waals surface area (Å²) in [5.41, 5.74) is 0. The van der Waals surface area contributed by atoms with Crippen LogP contribution in [0.1, 0.15) is 27.2 Å². The maximum atomic E-state index is 5.49. The molecule has 0 saturated carbocycles. The van der Waals surface area contributed by atoms with Gasteiger partial charge in [0, 0.05) is 19.1 Å². The third kappa shape index (κ3) is 4.96. The Bertz CT molecular complexity index is 92.5. The lowest BCUT2D eigenvalue weighted by Crippen LogP contribution is -2.16. The van der Waals surface area contributed by atoms with Crippen LogP contribution in [0.3, 0.4) is 0 Å². The zero-order chi connectivity index (χ0) is 9.40. The average molecular weight is 193 g/mol. The third-order valence-corrected chi connectivity index (χ3v) is 1.60. The molecule has 0 saturated heterocycles. The van der Waals surface area contributed by atoms with Gasteiger partial charge >= 0.3 is 0 Å². The molecule has 0 fully saturated rings. The standard InChI is InChI=1S/C9H17ClO2/c1-4-11-9(12-5-2)8(3)6-7-10/h7-8H,4-6H2,1-3H3. The summed E-state index contributed by atoms with van der Waals surface area (Å²) in [7, 11) is 0. The van der Waals surface area contributed by atoms with Crippen molar-refractivity contribution >= 4 is 11.6 Å². The van der Waals surface area contributed by atoms with Crippen molar-refractivity contribution in [2.24, 2.45) is 5.92 Å². The summed E-state index contributed by atoms with van der Waals surface area (Å²) >= 11 is 5.49. The monoisotopic (exact) mass is 192 g/mol. The van der Waals surface area contributed by atoms with Crippen LogP contribution in [-0.2, 0) is 9.47 Å². The van der Waals surface area contributed by atoms with Gasteiger partial charge in [0.05, 0.1) is 5.88 Å². The van der Waals surface area contributed by atoms with Gasteiger partial charge in [-0.15, -0.1) is 11.6 Å². The second-order valence-electron chi connectivity index (χ2n) is 2.48. The molecular formula is C9H17ClO2. The van der Waals surface area contributed by atoms with Crippen molar-refractivity contribution in [3.8, 4) is 0 Å². The molecule has 12 heavy (non-hydrogen) atoms. The molecule has 0 aliphatic heterocycles. The van der Waals surface area contributed by atoms with Crippen LogP contribution in [0.15, 0.2) is 0 Å².